The molecule has 2 atom stereocenters. The Bertz CT molecular complexity index is 431. The van der Waals surface area contributed by atoms with E-state index in [0.717, 1.165) is 18.4 Å². The van der Waals surface area contributed by atoms with Crippen LogP contribution in [0.3, 0.4) is 0 Å². The average molecular weight is 277 g/mol. The van der Waals surface area contributed by atoms with Crippen LogP contribution in [0, 0.1) is 0 Å². The van der Waals surface area contributed by atoms with Crippen molar-refractivity contribution in [3.63, 3.8) is 0 Å². The minimum absolute atomic E-state index is 0.0804. The van der Waals surface area contributed by atoms with Crippen molar-refractivity contribution in [3.8, 4) is 0 Å². The summed E-state index contributed by atoms with van der Waals surface area (Å²) in [4.78, 5) is 23.0. The zero-order valence-corrected chi connectivity index (χ0v) is 12.1. The highest BCUT2D eigenvalue weighted by Crippen LogP contribution is 2.18. The van der Waals surface area contributed by atoms with Crippen molar-refractivity contribution in [3.05, 3.63) is 35.9 Å². The number of aliphatic carboxylic acids is 1. The number of carbonyl (C=O) groups is 2. The first-order chi connectivity index (χ1) is 9.54. The van der Waals surface area contributed by atoms with Crippen LogP contribution in [-0.4, -0.2) is 23.0 Å². The number of carboxylic acid groups (broad SMARTS) is 1. The van der Waals surface area contributed by atoms with E-state index in [0.29, 0.717) is 12.8 Å². The molecule has 0 aliphatic heterocycles. The number of carbonyl (C=O) groups excluding carboxylic acids is 1. The molecule has 2 N–H and O–H groups in total. The van der Waals surface area contributed by atoms with Gasteiger partial charge >= 0.3 is 5.97 Å². The molecular weight excluding hydrogens is 254 g/mol. The maximum atomic E-state index is 11.9. The van der Waals surface area contributed by atoms with Gasteiger partial charge in [0.25, 0.3) is 0 Å². The quantitative estimate of drug-likeness (QED) is 0.767. The van der Waals surface area contributed by atoms with Gasteiger partial charge < -0.3 is 10.4 Å². The zero-order valence-electron chi connectivity index (χ0n) is 12.1. The van der Waals surface area contributed by atoms with E-state index in [1.807, 2.05) is 44.2 Å². The van der Waals surface area contributed by atoms with Crippen molar-refractivity contribution in [1.82, 2.24) is 5.32 Å². The summed E-state index contributed by atoms with van der Waals surface area (Å²) in [6, 6.07) is 8.98. The molecule has 4 nitrogen and oxygen atoms in total. The highest BCUT2D eigenvalue weighted by Gasteiger charge is 2.20. The summed E-state index contributed by atoms with van der Waals surface area (Å²) in [6.45, 7) is 3.97. The lowest BCUT2D eigenvalue weighted by atomic mass is 9.97. The number of carboxylic acids is 1. The van der Waals surface area contributed by atoms with E-state index in [9.17, 15) is 9.59 Å². The summed E-state index contributed by atoms with van der Waals surface area (Å²) in [5, 5.41) is 11.7. The number of hydrogen-bond donors (Lipinski definition) is 2. The van der Waals surface area contributed by atoms with Crippen LogP contribution in [0.5, 0.6) is 0 Å². The van der Waals surface area contributed by atoms with E-state index in [-0.39, 0.29) is 11.8 Å². The lowest BCUT2D eigenvalue weighted by Gasteiger charge is -2.16. The van der Waals surface area contributed by atoms with Gasteiger partial charge in [0.15, 0.2) is 0 Å². The smallest absolute Gasteiger partial charge is 0.326 e. The van der Waals surface area contributed by atoms with Crippen molar-refractivity contribution in [2.75, 3.05) is 0 Å². The molecule has 1 amide bonds. The van der Waals surface area contributed by atoms with Crippen molar-refractivity contribution in [2.45, 2.75) is 51.5 Å². The summed E-state index contributed by atoms with van der Waals surface area (Å²) < 4.78 is 0. The van der Waals surface area contributed by atoms with Crippen molar-refractivity contribution >= 4 is 11.9 Å². The van der Waals surface area contributed by atoms with E-state index < -0.39 is 12.0 Å². The molecule has 1 rings (SSSR count). The molecule has 0 fully saturated rings. The van der Waals surface area contributed by atoms with Crippen LogP contribution in [0.15, 0.2) is 30.3 Å². The fraction of sp³-hybridized carbons (Fsp3) is 0.500. The average Bonchev–Trinajstić information content (AvgIpc) is 2.44. The van der Waals surface area contributed by atoms with Gasteiger partial charge in [-0.3, -0.25) is 4.79 Å². The third-order valence-electron chi connectivity index (χ3n) is 3.34. The second-order valence-corrected chi connectivity index (χ2v) is 5.12. The van der Waals surface area contributed by atoms with Crippen LogP contribution >= 0.6 is 0 Å². The minimum atomic E-state index is -0.959. The fourth-order valence-electron chi connectivity index (χ4n) is 2.10. The molecule has 0 saturated heterocycles. The predicted molar refractivity (Wildman–Crippen MR) is 78.6 cm³/mol. The first-order valence-electron chi connectivity index (χ1n) is 7.11. The van der Waals surface area contributed by atoms with E-state index in [4.69, 9.17) is 5.11 Å². The Kier molecular flexibility index (Phi) is 6.77. The van der Waals surface area contributed by atoms with Crippen LogP contribution in [0.1, 0.15) is 51.0 Å². The molecule has 4 heteroatoms. The number of benzene rings is 1. The monoisotopic (exact) mass is 277 g/mol. The minimum Gasteiger partial charge on any atom is -0.480 e. The van der Waals surface area contributed by atoms with Crippen molar-refractivity contribution in [2.24, 2.45) is 0 Å². The zero-order chi connectivity index (χ0) is 15.0. The Hall–Kier alpha value is -1.84. The summed E-state index contributed by atoms with van der Waals surface area (Å²) in [5.74, 6) is -1.08. The summed E-state index contributed by atoms with van der Waals surface area (Å²) >= 11 is 0. The van der Waals surface area contributed by atoms with Crippen LogP contribution in [0.2, 0.25) is 0 Å². The van der Waals surface area contributed by atoms with Crippen LogP contribution in [-0.2, 0) is 9.59 Å². The molecule has 1 unspecified atom stereocenters. The van der Waals surface area contributed by atoms with Gasteiger partial charge in [0.1, 0.15) is 6.04 Å². The molecule has 0 aromatic heterocycles. The fourth-order valence-corrected chi connectivity index (χ4v) is 2.10. The van der Waals surface area contributed by atoms with E-state index in [1.165, 1.54) is 0 Å². The van der Waals surface area contributed by atoms with Gasteiger partial charge in [-0.2, -0.15) is 0 Å². The van der Waals surface area contributed by atoms with Gasteiger partial charge in [-0.15, -0.1) is 0 Å². The molecule has 1 aromatic rings. The molecule has 0 aliphatic rings. The van der Waals surface area contributed by atoms with E-state index >= 15 is 0 Å². The first kappa shape index (κ1) is 16.2. The van der Waals surface area contributed by atoms with E-state index in [2.05, 4.69) is 5.32 Å². The van der Waals surface area contributed by atoms with E-state index in [1.54, 1.807) is 0 Å². The molecule has 110 valence electrons. The standard InChI is InChI=1S/C16H23NO3/c1-3-4-10-14(16(19)20)17-15(18)11-12(2)13-8-6-5-7-9-13/h5-9,12,14H,3-4,10-11H2,1-2H3,(H,17,18)(H,19,20)/t12?,14-/m0/s1. The second-order valence-electron chi connectivity index (χ2n) is 5.12. The maximum absolute atomic E-state index is 11.9. The van der Waals surface area contributed by atoms with Gasteiger partial charge in [0.05, 0.1) is 0 Å². The largest absolute Gasteiger partial charge is 0.480 e. The highest BCUT2D eigenvalue weighted by atomic mass is 16.4. The number of unbranched alkanes of at least 4 members (excludes halogenated alkanes) is 1. The first-order valence-corrected chi connectivity index (χ1v) is 7.11. The topological polar surface area (TPSA) is 66.4 Å². The van der Waals surface area contributed by atoms with Crippen LogP contribution in [0.25, 0.3) is 0 Å². The highest BCUT2D eigenvalue weighted by molar-refractivity contribution is 5.83. The Morgan fingerprint density at radius 1 is 1.25 bits per heavy atom. The predicted octanol–water partition coefficient (Wildman–Crippen LogP) is 2.94. The normalized spacial score (nSPS) is 13.5. The molecule has 0 bridgehead atoms. The SMILES string of the molecule is CCCC[C@H](NC(=O)CC(C)c1ccccc1)C(=O)O. The molecule has 0 aliphatic carbocycles. The molecule has 0 saturated carbocycles. The summed E-state index contributed by atoms with van der Waals surface area (Å²) in [6.07, 6.45) is 2.50. The molecular formula is C16H23NO3. The van der Waals surface area contributed by atoms with Gasteiger partial charge in [0.2, 0.25) is 5.91 Å². The van der Waals surface area contributed by atoms with Crippen molar-refractivity contribution in [1.29, 1.82) is 0 Å². The Balaban J connectivity index is 2.51. The third-order valence-corrected chi connectivity index (χ3v) is 3.34. The van der Waals surface area contributed by atoms with Gasteiger partial charge in [-0.05, 0) is 17.9 Å². The molecule has 0 heterocycles. The molecule has 1 aromatic carbocycles. The van der Waals surface area contributed by atoms with Crippen LogP contribution < -0.4 is 5.32 Å². The van der Waals surface area contributed by atoms with Gasteiger partial charge in [-0.1, -0.05) is 57.0 Å². The Morgan fingerprint density at radius 3 is 2.45 bits per heavy atom. The number of nitrogens with one attached hydrogen (secondary N) is 1. The number of rotatable bonds is 8. The molecule has 0 radical (unpaired) electrons. The molecule has 20 heavy (non-hydrogen) atoms. The lowest BCUT2D eigenvalue weighted by molar-refractivity contribution is -0.142. The van der Waals surface area contributed by atoms with Gasteiger partial charge in [0, 0.05) is 6.42 Å². The lowest BCUT2D eigenvalue weighted by Crippen LogP contribution is -2.41. The Morgan fingerprint density at radius 2 is 1.90 bits per heavy atom. The second kappa shape index (κ2) is 8.35. The maximum Gasteiger partial charge on any atom is 0.326 e. The third kappa shape index (κ3) is 5.43. The number of amides is 1. The van der Waals surface area contributed by atoms with Crippen LogP contribution in [0.4, 0.5) is 0 Å². The number of hydrogen-bond acceptors (Lipinski definition) is 2. The molecule has 0 spiro atoms. The Labute approximate surface area is 120 Å². The van der Waals surface area contributed by atoms with Gasteiger partial charge in [-0.25, -0.2) is 4.79 Å². The summed E-state index contributed by atoms with van der Waals surface area (Å²) in [5.41, 5.74) is 1.09. The summed E-state index contributed by atoms with van der Waals surface area (Å²) in [7, 11) is 0. The van der Waals surface area contributed by atoms with Crippen molar-refractivity contribution < 1.29 is 14.7 Å².